The van der Waals surface area contributed by atoms with Gasteiger partial charge in [0.2, 0.25) is 0 Å². The van der Waals surface area contributed by atoms with Gasteiger partial charge in [-0.25, -0.2) is 0 Å². The standard InChI is InChI=1S/C12H9N3O4/c1-15(2)8-6-4(9(16)13-11(6)18)3-5-7(8)12(19)14-10(5)17/h3H,1-2H3,(H,13,16,18)(H,14,17,19). The first kappa shape index (κ1) is 11.4. The fourth-order valence-corrected chi connectivity index (χ4v) is 2.40. The van der Waals surface area contributed by atoms with Crippen molar-refractivity contribution in [2.24, 2.45) is 0 Å². The van der Waals surface area contributed by atoms with Gasteiger partial charge in [0.15, 0.2) is 0 Å². The topological polar surface area (TPSA) is 103 Å². The average molecular weight is 259 g/mol. The summed E-state index contributed by atoms with van der Waals surface area (Å²) in [5.41, 5.74) is -1.94. The molecule has 3 rings (SSSR count). The zero-order valence-electron chi connectivity index (χ0n) is 10.2. The van der Waals surface area contributed by atoms with E-state index >= 15 is 0 Å². The first-order valence-corrected chi connectivity index (χ1v) is 5.51. The second kappa shape index (κ2) is 3.41. The number of nitrogens with zero attached hydrogens (tertiary/aromatic N) is 1. The first-order chi connectivity index (χ1) is 8.91. The van der Waals surface area contributed by atoms with Crippen LogP contribution in [-0.2, 0) is 0 Å². The second-order valence-corrected chi connectivity index (χ2v) is 4.53. The summed E-state index contributed by atoms with van der Waals surface area (Å²) in [6.07, 6.45) is 0. The zero-order chi connectivity index (χ0) is 13.9. The van der Waals surface area contributed by atoms with Crippen molar-refractivity contribution < 1.29 is 0 Å². The highest BCUT2D eigenvalue weighted by atomic mass is 16.2. The van der Waals surface area contributed by atoms with Crippen LogP contribution in [0.5, 0.6) is 0 Å². The molecule has 2 heterocycles. The quantitative estimate of drug-likeness (QED) is 0.585. The van der Waals surface area contributed by atoms with Crippen molar-refractivity contribution in [3.05, 3.63) is 47.5 Å². The fourth-order valence-electron chi connectivity index (χ4n) is 2.40. The minimum atomic E-state index is -0.557. The van der Waals surface area contributed by atoms with Crippen LogP contribution in [0, 0.1) is 0 Å². The SMILES string of the molecule is CN(C)c1c2c(=O)[nH]c(=O)c2cc2c(=O)[nH]c(=O)c12. The number of H-pyrrole nitrogens is 2. The summed E-state index contributed by atoms with van der Waals surface area (Å²) in [7, 11) is 3.28. The minimum Gasteiger partial charge on any atom is -0.376 e. The second-order valence-electron chi connectivity index (χ2n) is 4.53. The van der Waals surface area contributed by atoms with Gasteiger partial charge >= 0.3 is 0 Å². The lowest BCUT2D eigenvalue weighted by molar-refractivity contribution is 1.15. The number of rotatable bonds is 1. The van der Waals surface area contributed by atoms with E-state index in [0.717, 1.165) is 0 Å². The Kier molecular flexibility index (Phi) is 2.04. The Labute approximate surface area is 104 Å². The number of aromatic amines is 2. The molecule has 0 aliphatic heterocycles. The molecule has 3 aromatic rings. The molecule has 0 unspecified atom stereocenters. The van der Waals surface area contributed by atoms with Crippen molar-refractivity contribution in [1.29, 1.82) is 0 Å². The van der Waals surface area contributed by atoms with Crippen molar-refractivity contribution in [1.82, 2.24) is 9.97 Å². The number of hydrogen-bond donors (Lipinski definition) is 2. The van der Waals surface area contributed by atoms with Crippen LogP contribution < -0.4 is 27.1 Å². The van der Waals surface area contributed by atoms with Gasteiger partial charge in [-0.2, -0.15) is 0 Å². The highest BCUT2D eigenvalue weighted by Crippen LogP contribution is 2.27. The molecule has 1 aromatic carbocycles. The molecule has 2 aromatic heterocycles. The molecule has 7 nitrogen and oxygen atoms in total. The van der Waals surface area contributed by atoms with Crippen LogP contribution in [0.3, 0.4) is 0 Å². The Morgan fingerprint density at radius 3 is 1.58 bits per heavy atom. The lowest BCUT2D eigenvalue weighted by atomic mass is 10.1. The lowest BCUT2D eigenvalue weighted by Gasteiger charge is -2.13. The van der Waals surface area contributed by atoms with Crippen LogP contribution in [0.4, 0.5) is 5.69 Å². The molecule has 0 radical (unpaired) electrons. The summed E-state index contributed by atoms with van der Waals surface area (Å²) in [6.45, 7) is 0. The van der Waals surface area contributed by atoms with Crippen molar-refractivity contribution in [2.45, 2.75) is 0 Å². The van der Waals surface area contributed by atoms with E-state index in [9.17, 15) is 19.2 Å². The number of fused-ring (bicyclic) bond motifs is 2. The molecular formula is C12H9N3O4. The Morgan fingerprint density at radius 1 is 0.789 bits per heavy atom. The maximum absolute atomic E-state index is 11.8. The molecule has 2 N–H and O–H groups in total. The van der Waals surface area contributed by atoms with Crippen LogP contribution in [0.2, 0.25) is 0 Å². The Morgan fingerprint density at radius 2 is 1.21 bits per heavy atom. The number of benzene rings is 1. The van der Waals surface area contributed by atoms with Gasteiger partial charge in [-0.05, 0) is 6.07 Å². The zero-order valence-corrected chi connectivity index (χ0v) is 10.2. The molecule has 19 heavy (non-hydrogen) atoms. The summed E-state index contributed by atoms with van der Waals surface area (Å²) in [5.74, 6) is 0. The molecule has 0 saturated carbocycles. The summed E-state index contributed by atoms with van der Waals surface area (Å²) in [6, 6.07) is 1.29. The molecule has 0 aliphatic rings. The minimum absolute atomic E-state index is 0.123. The third kappa shape index (κ3) is 1.32. The predicted octanol–water partition coefficient (Wildman–Crippen LogP) is -0.968. The van der Waals surface area contributed by atoms with Crippen LogP contribution in [0.25, 0.3) is 21.5 Å². The van der Waals surface area contributed by atoms with Gasteiger partial charge in [-0.1, -0.05) is 0 Å². The molecule has 0 bridgehead atoms. The Hall–Kier alpha value is -2.70. The van der Waals surface area contributed by atoms with Gasteiger partial charge in [0.25, 0.3) is 22.2 Å². The van der Waals surface area contributed by atoms with Gasteiger partial charge in [0.1, 0.15) is 0 Å². The van der Waals surface area contributed by atoms with E-state index in [0.29, 0.717) is 5.69 Å². The lowest BCUT2D eigenvalue weighted by Crippen LogP contribution is -2.15. The molecular weight excluding hydrogens is 250 g/mol. The number of aromatic nitrogens is 2. The molecule has 0 spiro atoms. The largest absolute Gasteiger partial charge is 0.376 e. The first-order valence-electron chi connectivity index (χ1n) is 5.51. The van der Waals surface area contributed by atoms with E-state index in [2.05, 4.69) is 9.97 Å². The van der Waals surface area contributed by atoms with Crippen molar-refractivity contribution in [2.75, 3.05) is 19.0 Å². The summed E-state index contributed by atoms with van der Waals surface area (Å²) in [4.78, 5) is 52.8. The van der Waals surface area contributed by atoms with Crippen molar-refractivity contribution in [3.63, 3.8) is 0 Å². The smallest absolute Gasteiger partial charge is 0.261 e. The van der Waals surface area contributed by atoms with E-state index in [4.69, 9.17) is 0 Å². The van der Waals surface area contributed by atoms with Crippen LogP contribution in [0.15, 0.2) is 25.2 Å². The number of anilines is 1. The van der Waals surface area contributed by atoms with E-state index in [1.54, 1.807) is 19.0 Å². The molecule has 96 valence electrons. The maximum Gasteiger partial charge on any atom is 0.261 e. The molecule has 0 atom stereocenters. The van der Waals surface area contributed by atoms with Crippen LogP contribution in [-0.4, -0.2) is 24.1 Å². The normalized spacial score (nSPS) is 11.5. The third-order valence-corrected chi connectivity index (χ3v) is 3.15. The highest BCUT2D eigenvalue weighted by molar-refractivity contribution is 6.10. The molecule has 0 fully saturated rings. The monoisotopic (exact) mass is 259 g/mol. The Balaban J connectivity index is 2.83. The fraction of sp³-hybridized carbons (Fsp3) is 0.167. The van der Waals surface area contributed by atoms with E-state index in [1.165, 1.54) is 6.07 Å². The Bertz CT molecular complexity index is 939. The van der Waals surface area contributed by atoms with E-state index in [1.807, 2.05) is 0 Å². The summed E-state index contributed by atoms with van der Waals surface area (Å²) < 4.78 is 0. The van der Waals surface area contributed by atoms with E-state index < -0.39 is 22.2 Å². The highest BCUT2D eigenvalue weighted by Gasteiger charge is 2.20. The molecule has 0 saturated heterocycles. The number of hydrogen-bond acceptors (Lipinski definition) is 5. The van der Waals surface area contributed by atoms with Gasteiger partial charge in [0, 0.05) is 14.1 Å². The maximum atomic E-state index is 11.8. The van der Waals surface area contributed by atoms with Gasteiger partial charge in [-0.3, -0.25) is 29.1 Å². The summed E-state index contributed by atoms with van der Waals surface area (Å²) >= 11 is 0. The van der Waals surface area contributed by atoms with Crippen LogP contribution in [0.1, 0.15) is 0 Å². The molecule has 7 heteroatoms. The summed E-state index contributed by atoms with van der Waals surface area (Å²) in [5, 5.41) is 0.520. The van der Waals surface area contributed by atoms with Gasteiger partial charge in [0.05, 0.1) is 27.2 Å². The van der Waals surface area contributed by atoms with Gasteiger partial charge in [-0.15, -0.1) is 0 Å². The average Bonchev–Trinajstić information content (AvgIpc) is 2.77. The van der Waals surface area contributed by atoms with E-state index in [-0.39, 0.29) is 21.5 Å². The number of nitrogens with one attached hydrogen (secondary N) is 2. The van der Waals surface area contributed by atoms with Crippen molar-refractivity contribution in [3.8, 4) is 0 Å². The van der Waals surface area contributed by atoms with Crippen LogP contribution >= 0.6 is 0 Å². The van der Waals surface area contributed by atoms with Gasteiger partial charge < -0.3 is 4.90 Å². The molecule has 0 amide bonds. The molecule has 0 aliphatic carbocycles. The predicted molar refractivity (Wildman–Crippen MR) is 71.9 cm³/mol. The third-order valence-electron chi connectivity index (χ3n) is 3.15. The van der Waals surface area contributed by atoms with Crippen molar-refractivity contribution >= 4 is 27.2 Å².